The van der Waals surface area contributed by atoms with Gasteiger partial charge in [-0.15, -0.1) is 0 Å². The van der Waals surface area contributed by atoms with E-state index in [-0.39, 0.29) is 5.69 Å². The van der Waals surface area contributed by atoms with E-state index < -0.39 is 22.0 Å². The number of nitro groups is 1. The average Bonchev–Trinajstić information content (AvgIpc) is 2.77. The molecule has 0 aliphatic heterocycles. The quantitative estimate of drug-likeness (QED) is 0.302. The van der Waals surface area contributed by atoms with E-state index >= 15 is 0 Å². The minimum absolute atomic E-state index is 0.0328. The van der Waals surface area contributed by atoms with Crippen molar-refractivity contribution in [3.63, 3.8) is 0 Å². The summed E-state index contributed by atoms with van der Waals surface area (Å²) in [7, 11) is 0. The highest BCUT2D eigenvalue weighted by molar-refractivity contribution is 5.83. The summed E-state index contributed by atoms with van der Waals surface area (Å²) in [5.74, 6) is -0.432. The third kappa shape index (κ3) is 5.80. The van der Waals surface area contributed by atoms with Gasteiger partial charge in [0.05, 0.1) is 4.92 Å². The zero-order valence-corrected chi connectivity index (χ0v) is 18.6. The van der Waals surface area contributed by atoms with Gasteiger partial charge in [-0.2, -0.15) is 0 Å². The van der Waals surface area contributed by atoms with Crippen LogP contribution in [0, 0.1) is 10.1 Å². The van der Waals surface area contributed by atoms with E-state index in [0.29, 0.717) is 18.5 Å². The van der Waals surface area contributed by atoms with Crippen LogP contribution < -0.4 is 5.32 Å². The van der Waals surface area contributed by atoms with Gasteiger partial charge in [0.15, 0.2) is 0 Å². The first-order valence-corrected chi connectivity index (χ1v) is 10.5. The third-order valence-electron chi connectivity index (χ3n) is 5.07. The van der Waals surface area contributed by atoms with Crippen molar-refractivity contribution in [1.29, 1.82) is 0 Å². The summed E-state index contributed by atoms with van der Waals surface area (Å²) in [6.45, 7) is 5.89. The second-order valence-corrected chi connectivity index (χ2v) is 8.71. The number of nitrogens with one attached hydrogen (secondary N) is 1. The molecule has 6 nitrogen and oxygen atoms in total. The molecule has 0 bridgehead atoms. The monoisotopic (exact) mass is 432 g/mol. The van der Waals surface area contributed by atoms with Crippen LogP contribution in [0.4, 0.5) is 5.69 Å². The first kappa shape index (κ1) is 23.2. The number of nitrogens with zero attached hydrogens (tertiary/aromatic N) is 1. The normalized spacial score (nSPS) is 13.2. The molecule has 0 radical (unpaired) electrons. The van der Waals surface area contributed by atoms with Crippen LogP contribution in [0.15, 0.2) is 84.9 Å². The SMILES string of the molecule is CC(C)(C)OC(=O)[C@](Cc1ccccc1)(NCc1ccccc1)c1ccc([N+](=O)[O-])cc1. The molecule has 1 N–H and O–H groups in total. The van der Waals surface area contributed by atoms with Gasteiger partial charge < -0.3 is 4.74 Å². The molecule has 0 fully saturated rings. The van der Waals surface area contributed by atoms with E-state index in [2.05, 4.69) is 5.32 Å². The van der Waals surface area contributed by atoms with Crippen molar-refractivity contribution in [1.82, 2.24) is 5.32 Å². The fraction of sp³-hybridized carbons (Fsp3) is 0.269. The maximum atomic E-state index is 13.7. The number of hydrogen-bond acceptors (Lipinski definition) is 5. The molecule has 1 atom stereocenters. The molecule has 32 heavy (non-hydrogen) atoms. The number of esters is 1. The van der Waals surface area contributed by atoms with Gasteiger partial charge in [-0.25, -0.2) is 4.79 Å². The predicted octanol–water partition coefficient (Wildman–Crippen LogP) is 5.16. The Kier molecular flexibility index (Phi) is 7.05. The molecule has 3 rings (SSSR count). The fourth-order valence-corrected chi connectivity index (χ4v) is 3.51. The highest BCUT2D eigenvalue weighted by Crippen LogP contribution is 2.31. The van der Waals surface area contributed by atoms with Crippen molar-refractivity contribution in [2.75, 3.05) is 0 Å². The Morgan fingerprint density at radius 3 is 1.91 bits per heavy atom. The number of carbonyl (C=O) groups excluding carboxylic acids is 1. The summed E-state index contributed by atoms with van der Waals surface area (Å²) < 4.78 is 5.86. The Labute approximate surface area is 188 Å². The number of nitro benzene ring substituents is 1. The van der Waals surface area contributed by atoms with Crippen LogP contribution in [-0.4, -0.2) is 16.5 Å². The van der Waals surface area contributed by atoms with E-state index in [9.17, 15) is 14.9 Å². The zero-order chi connectivity index (χ0) is 23.2. The largest absolute Gasteiger partial charge is 0.458 e. The zero-order valence-electron chi connectivity index (χ0n) is 18.6. The van der Waals surface area contributed by atoms with Gasteiger partial charge in [0.25, 0.3) is 5.69 Å². The van der Waals surface area contributed by atoms with Crippen LogP contribution >= 0.6 is 0 Å². The molecule has 0 spiro atoms. The second-order valence-electron chi connectivity index (χ2n) is 8.71. The highest BCUT2D eigenvalue weighted by atomic mass is 16.6. The van der Waals surface area contributed by atoms with E-state index in [1.54, 1.807) is 12.1 Å². The third-order valence-corrected chi connectivity index (χ3v) is 5.07. The molecule has 6 heteroatoms. The van der Waals surface area contributed by atoms with Crippen LogP contribution in [0.5, 0.6) is 0 Å². The van der Waals surface area contributed by atoms with Gasteiger partial charge in [-0.05, 0) is 49.6 Å². The Bertz CT molecular complexity index is 1040. The summed E-state index contributed by atoms with van der Waals surface area (Å²) in [6, 6.07) is 25.5. The summed E-state index contributed by atoms with van der Waals surface area (Å²) in [5, 5.41) is 14.6. The maximum Gasteiger partial charge on any atom is 0.331 e. The smallest absolute Gasteiger partial charge is 0.331 e. The molecular weight excluding hydrogens is 404 g/mol. The Morgan fingerprint density at radius 2 is 1.41 bits per heavy atom. The molecule has 166 valence electrons. The van der Waals surface area contributed by atoms with Crippen molar-refractivity contribution in [2.24, 2.45) is 0 Å². The number of ether oxygens (including phenoxy) is 1. The summed E-state index contributed by atoms with van der Waals surface area (Å²) in [6.07, 6.45) is 0.327. The fourth-order valence-electron chi connectivity index (χ4n) is 3.51. The Hall–Kier alpha value is -3.51. The topological polar surface area (TPSA) is 81.5 Å². The van der Waals surface area contributed by atoms with Gasteiger partial charge in [-0.3, -0.25) is 15.4 Å². The number of benzene rings is 3. The van der Waals surface area contributed by atoms with Crippen molar-refractivity contribution >= 4 is 11.7 Å². The van der Waals surface area contributed by atoms with Gasteiger partial charge in [-0.1, -0.05) is 60.7 Å². The van der Waals surface area contributed by atoms with Gasteiger partial charge >= 0.3 is 5.97 Å². The lowest BCUT2D eigenvalue weighted by Crippen LogP contribution is -2.53. The Balaban J connectivity index is 2.10. The van der Waals surface area contributed by atoms with E-state index in [0.717, 1.165) is 11.1 Å². The standard InChI is InChI=1S/C26H28N2O4/c1-25(2,3)32-24(29)26(18-20-10-6-4-7-11-20,27-19-21-12-8-5-9-13-21)22-14-16-23(17-15-22)28(30)31/h4-17,27H,18-19H2,1-3H3/t26-/m1/s1. The molecule has 3 aromatic carbocycles. The summed E-state index contributed by atoms with van der Waals surface area (Å²) in [4.78, 5) is 24.4. The molecule has 0 aliphatic carbocycles. The minimum Gasteiger partial charge on any atom is -0.458 e. The van der Waals surface area contributed by atoms with Crippen LogP contribution in [0.25, 0.3) is 0 Å². The predicted molar refractivity (Wildman–Crippen MR) is 124 cm³/mol. The molecular formula is C26H28N2O4. The van der Waals surface area contributed by atoms with E-state index in [1.807, 2.05) is 81.4 Å². The van der Waals surface area contributed by atoms with Crippen LogP contribution in [0.2, 0.25) is 0 Å². The first-order valence-electron chi connectivity index (χ1n) is 10.5. The summed E-state index contributed by atoms with van der Waals surface area (Å²) >= 11 is 0. The molecule has 0 aromatic heterocycles. The lowest BCUT2D eigenvalue weighted by atomic mass is 9.83. The second kappa shape index (κ2) is 9.75. The molecule has 0 aliphatic rings. The van der Waals surface area contributed by atoms with Crippen molar-refractivity contribution in [3.05, 3.63) is 112 Å². The molecule has 0 heterocycles. The number of hydrogen-bond donors (Lipinski definition) is 1. The number of carbonyl (C=O) groups is 1. The number of non-ortho nitro benzene ring substituents is 1. The van der Waals surface area contributed by atoms with E-state index in [1.165, 1.54) is 12.1 Å². The molecule has 0 amide bonds. The summed E-state index contributed by atoms with van der Waals surface area (Å²) in [5.41, 5.74) is 0.591. The number of rotatable bonds is 8. The van der Waals surface area contributed by atoms with Crippen molar-refractivity contribution < 1.29 is 14.5 Å². The average molecular weight is 433 g/mol. The van der Waals surface area contributed by atoms with Crippen molar-refractivity contribution in [3.8, 4) is 0 Å². The first-order chi connectivity index (χ1) is 15.2. The van der Waals surface area contributed by atoms with Gasteiger partial charge in [0.1, 0.15) is 11.1 Å². The van der Waals surface area contributed by atoms with Crippen LogP contribution in [0.3, 0.4) is 0 Å². The van der Waals surface area contributed by atoms with Crippen LogP contribution in [-0.2, 0) is 28.0 Å². The molecule has 0 unspecified atom stereocenters. The van der Waals surface area contributed by atoms with Crippen LogP contribution in [0.1, 0.15) is 37.5 Å². The molecule has 0 saturated carbocycles. The van der Waals surface area contributed by atoms with Gasteiger partial charge in [0.2, 0.25) is 0 Å². The molecule has 0 saturated heterocycles. The Morgan fingerprint density at radius 1 is 0.875 bits per heavy atom. The maximum absolute atomic E-state index is 13.7. The van der Waals surface area contributed by atoms with E-state index in [4.69, 9.17) is 4.74 Å². The lowest BCUT2D eigenvalue weighted by Gasteiger charge is -2.36. The minimum atomic E-state index is -1.24. The van der Waals surface area contributed by atoms with Gasteiger partial charge in [0, 0.05) is 25.1 Å². The highest BCUT2D eigenvalue weighted by Gasteiger charge is 2.43. The molecule has 3 aromatic rings. The lowest BCUT2D eigenvalue weighted by molar-refractivity contribution is -0.384. The van der Waals surface area contributed by atoms with Crippen molar-refractivity contribution in [2.45, 2.75) is 44.9 Å².